The Hall–Kier alpha value is -5.06. The average molecular weight is 634 g/mol. The fraction of sp³-hybridized carbons (Fsp3) is 0.314. The normalized spacial score (nSPS) is 13.6. The Balaban J connectivity index is 0.00000235. The van der Waals surface area contributed by atoms with Crippen molar-refractivity contribution in [2.45, 2.75) is 59.6 Å². The highest BCUT2D eigenvalue weighted by Gasteiger charge is 2.38. The summed E-state index contributed by atoms with van der Waals surface area (Å²) in [6, 6.07) is 13.7. The Kier molecular flexibility index (Phi) is 10.2. The number of hydrogen-bond acceptors (Lipinski definition) is 5. The zero-order valence-corrected chi connectivity index (χ0v) is 27.0. The van der Waals surface area contributed by atoms with Crippen molar-refractivity contribution in [1.29, 1.82) is 0 Å². The number of fused-ring (bicyclic) bond motifs is 3. The lowest BCUT2D eigenvalue weighted by atomic mass is 9.81. The minimum atomic E-state index is -1.15. The highest BCUT2D eigenvalue weighted by molar-refractivity contribution is 6.18. The minimum Gasteiger partial charge on any atom is -0.459 e. The number of nitrogens with zero attached hydrogens (tertiary/aromatic N) is 2. The number of nitrogens with one attached hydrogen (secondary N) is 2. The maximum Gasteiger partial charge on any atom is 0.413 e. The first kappa shape index (κ1) is 33.8. The van der Waals surface area contributed by atoms with Crippen molar-refractivity contribution in [2.24, 2.45) is 7.05 Å². The minimum absolute atomic E-state index is 0.0657. The summed E-state index contributed by atoms with van der Waals surface area (Å²) in [5.41, 5.74) is 1.96. The molecule has 9 nitrogen and oxygen atoms in total. The summed E-state index contributed by atoms with van der Waals surface area (Å²) in [6.45, 7) is 11.6. The molecule has 1 aliphatic rings. The molecule has 3 heterocycles. The van der Waals surface area contributed by atoms with Crippen molar-refractivity contribution in [3.05, 3.63) is 101 Å². The van der Waals surface area contributed by atoms with E-state index >= 15 is 0 Å². The molecule has 0 atom stereocenters. The zero-order valence-electron chi connectivity index (χ0n) is 27.0. The molecule has 2 amide bonds. The second-order valence-electron chi connectivity index (χ2n) is 11.6. The molecule has 0 spiro atoms. The van der Waals surface area contributed by atoms with Gasteiger partial charge in [0.05, 0.1) is 17.4 Å². The lowest BCUT2D eigenvalue weighted by Crippen LogP contribution is -2.37. The highest BCUT2D eigenvalue weighted by Crippen LogP contribution is 2.41. The van der Waals surface area contributed by atoms with E-state index in [1.165, 1.54) is 17.2 Å². The van der Waals surface area contributed by atoms with Gasteiger partial charge in [-0.1, -0.05) is 33.8 Å². The van der Waals surface area contributed by atoms with Gasteiger partial charge in [-0.05, 0) is 49.7 Å². The van der Waals surface area contributed by atoms with Gasteiger partial charge in [-0.2, -0.15) is 0 Å². The lowest BCUT2D eigenvalue weighted by Gasteiger charge is -2.29. The van der Waals surface area contributed by atoms with Crippen LogP contribution < -0.4 is 14.6 Å². The topological polar surface area (TPSA) is 105 Å². The van der Waals surface area contributed by atoms with E-state index in [2.05, 4.69) is 10.3 Å². The molecule has 0 radical (unpaired) electrons. The van der Waals surface area contributed by atoms with Gasteiger partial charge in [-0.3, -0.25) is 4.79 Å². The van der Waals surface area contributed by atoms with E-state index in [1.807, 2.05) is 63.7 Å². The van der Waals surface area contributed by atoms with Gasteiger partial charge < -0.3 is 24.7 Å². The van der Waals surface area contributed by atoms with Crippen molar-refractivity contribution >= 4 is 34.4 Å². The first-order chi connectivity index (χ1) is 21.8. The maximum atomic E-state index is 14.0. The molecule has 11 heteroatoms. The van der Waals surface area contributed by atoms with E-state index < -0.39 is 41.1 Å². The maximum absolute atomic E-state index is 14.0. The number of esters is 1. The van der Waals surface area contributed by atoms with Crippen molar-refractivity contribution < 1.29 is 37.2 Å². The smallest absolute Gasteiger partial charge is 0.413 e. The summed E-state index contributed by atoms with van der Waals surface area (Å²) in [4.78, 5) is 44.1. The van der Waals surface area contributed by atoms with Crippen LogP contribution in [0, 0.1) is 11.6 Å². The van der Waals surface area contributed by atoms with Gasteiger partial charge in [0, 0.05) is 52.8 Å². The average Bonchev–Trinajstić information content (AvgIpc) is 3.34. The van der Waals surface area contributed by atoms with Gasteiger partial charge in [-0.25, -0.2) is 22.9 Å². The molecule has 0 bridgehead atoms. The Labute approximate surface area is 266 Å². The zero-order chi connectivity index (χ0) is 33.8. The van der Waals surface area contributed by atoms with Crippen LogP contribution in [-0.2, 0) is 28.5 Å². The molecular formula is C35H39F2N4O5+. The molecule has 4 aromatic rings. The van der Waals surface area contributed by atoms with Gasteiger partial charge in [0.15, 0.2) is 17.8 Å². The number of ether oxygens (including phenoxy) is 2. The number of amides is 2. The summed E-state index contributed by atoms with van der Waals surface area (Å²) < 4.78 is 40.5. The van der Waals surface area contributed by atoms with E-state index in [0.717, 1.165) is 28.8 Å². The number of halogens is 2. The highest BCUT2D eigenvalue weighted by atomic mass is 19.2. The fourth-order valence-corrected chi connectivity index (χ4v) is 5.32. The number of benzene rings is 2. The van der Waals surface area contributed by atoms with Crippen LogP contribution in [0.1, 0.15) is 68.9 Å². The van der Waals surface area contributed by atoms with Crippen LogP contribution >= 0.6 is 0 Å². The van der Waals surface area contributed by atoms with E-state index in [1.54, 1.807) is 32.0 Å². The number of aromatic amines is 1. The Morgan fingerprint density at radius 3 is 2.46 bits per heavy atom. The number of aromatic nitrogens is 2. The first-order valence-corrected chi connectivity index (χ1v) is 15.1. The van der Waals surface area contributed by atoms with Crippen LogP contribution in [0.4, 0.5) is 13.6 Å². The van der Waals surface area contributed by atoms with Gasteiger partial charge in [-0.15, -0.1) is 0 Å². The van der Waals surface area contributed by atoms with Crippen molar-refractivity contribution in [3.8, 4) is 5.75 Å². The van der Waals surface area contributed by atoms with E-state index in [0.29, 0.717) is 11.2 Å². The molecule has 0 unspecified atom stereocenters. The molecule has 2 aromatic heterocycles. The molecule has 2 aromatic carbocycles. The standard InChI is InChI=1S/C33H32F2N4O5.C2H6/c1-19(2)43-31(41)24-17-39(30(40)20-9-12-25(34)26(35)14-20)18-33(3,4)28-23-11-10-22(15-27(23)37-29(24)28)44-32(42)36-16-21-8-6-7-13-38(21)5;1-2/h6-15,17,19,37H,16,18H2,1-5H3;1-2H3/p+1. The molecule has 0 saturated heterocycles. The molecule has 2 N–H and O–H groups in total. The van der Waals surface area contributed by atoms with E-state index in [-0.39, 0.29) is 30.0 Å². The summed E-state index contributed by atoms with van der Waals surface area (Å²) >= 11 is 0. The summed E-state index contributed by atoms with van der Waals surface area (Å²) in [5.74, 6) is -3.20. The summed E-state index contributed by atoms with van der Waals surface area (Å²) in [5, 5.41) is 3.49. The van der Waals surface area contributed by atoms with E-state index in [9.17, 15) is 23.2 Å². The molecular weight excluding hydrogens is 594 g/mol. The SMILES string of the molecule is CC.CC(C)OC(=O)C1=CN(C(=O)c2ccc(F)c(F)c2)CC(C)(C)c2c1[nH]c1cc(OC(=O)NCc3cccc[n+]3C)ccc21. The van der Waals surface area contributed by atoms with Crippen LogP contribution in [0.5, 0.6) is 5.75 Å². The predicted molar refractivity (Wildman–Crippen MR) is 170 cm³/mol. The van der Waals surface area contributed by atoms with Gasteiger partial charge in [0.2, 0.25) is 5.69 Å². The molecule has 0 aliphatic carbocycles. The van der Waals surface area contributed by atoms with Gasteiger partial charge in [0.25, 0.3) is 5.91 Å². The van der Waals surface area contributed by atoms with Gasteiger partial charge in [0.1, 0.15) is 19.3 Å². The number of H-pyrrole nitrogens is 1. The van der Waals surface area contributed by atoms with Crippen LogP contribution in [0.2, 0.25) is 0 Å². The second-order valence-corrected chi connectivity index (χ2v) is 11.6. The number of pyridine rings is 1. The first-order valence-electron chi connectivity index (χ1n) is 15.1. The number of hydrogen-bond donors (Lipinski definition) is 2. The monoisotopic (exact) mass is 633 g/mol. The molecule has 46 heavy (non-hydrogen) atoms. The molecule has 5 rings (SSSR count). The number of rotatable bonds is 6. The summed E-state index contributed by atoms with van der Waals surface area (Å²) in [6.07, 6.45) is 2.18. The largest absolute Gasteiger partial charge is 0.459 e. The van der Waals surface area contributed by atoms with Crippen molar-refractivity contribution in [1.82, 2.24) is 15.2 Å². The Bertz CT molecular complexity index is 1810. The summed E-state index contributed by atoms with van der Waals surface area (Å²) in [7, 11) is 1.88. The van der Waals surface area contributed by atoms with Crippen LogP contribution in [0.3, 0.4) is 0 Å². The van der Waals surface area contributed by atoms with Crippen LogP contribution in [-0.4, -0.2) is 40.5 Å². The molecule has 1 aliphatic heterocycles. The third-order valence-corrected chi connectivity index (χ3v) is 7.34. The quantitative estimate of drug-likeness (QED) is 0.191. The molecule has 0 fully saturated rings. The third kappa shape index (κ3) is 7.25. The molecule has 0 saturated carbocycles. The van der Waals surface area contributed by atoms with E-state index in [4.69, 9.17) is 9.47 Å². The lowest BCUT2D eigenvalue weighted by molar-refractivity contribution is -0.679. The Morgan fingerprint density at radius 2 is 1.78 bits per heavy atom. The molecule has 242 valence electrons. The third-order valence-electron chi connectivity index (χ3n) is 7.34. The predicted octanol–water partition coefficient (Wildman–Crippen LogP) is 6.31. The fourth-order valence-electron chi connectivity index (χ4n) is 5.32. The van der Waals surface area contributed by atoms with Crippen molar-refractivity contribution in [3.63, 3.8) is 0 Å². The number of carbonyl (C=O) groups excluding carboxylic acids is 3. The van der Waals surface area contributed by atoms with Crippen molar-refractivity contribution in [2.75, 3.05) is 6.54 Å². The Morgan fingerprint density at radius 1 is 1.04 bits per heavy atom. The van der Waals surface area contributed by atoms with Crippen LogP contribution in [0.25, 0.3) is 16.5 Å². The number of aryl methyl sites for hydroxylation is 1. The van der Waals surface area contributed by atoms with Crippen LogP contribution in [0.15, 0.2) is 67.0 Å². The second kappa shape index (κ2) is 13.9. The van der Waals surface area contributed by atoms with Gasteiger partial charge >= 0.3 is 12.1 Å². The number of carbonyl (C=O) groups is 3.